The Hall–Kier alpha value is -3.36. The summed E-state index contributed by atoms with van der Waals surface area (Å²) in [6, 6.07) is 23.8. The van der Waals surface area contributed by atoms with E-state index in [1.807, 2.05) is 42.5 Å². The summed E-state index contributed by atoms with van der Waals surface area (Å²) in [5.41, 5.74) is 1.81. The molecular weight excluding hydrogens is 464 g/mol. The van der Waals surface area contributed by atoms with Crippen LogP contribution in [-0.4, -0.2) is 45.4 Å². The molecule has 0 bridgehead atoms. The number of anilines is 1. The lowest BCUT2D eigenvalue weighted by molar-refractivity contribution is -0.120. The van der Waals surface area contributed by atoms with Gasteiger partial charge in [0.2, 0.25) is 15.9 Å². The fraction of sp³-hybridized carbons (Fsp3) is 0.296. The molecule has 0 atom stereocenters. The van der Waals surface area contributed by atoms with Crippen LogP contribution in [0.4, 0.5) is 5.69 Å². The Bertz CT molecular complexity index is 1220. The van der Waals surface area contributed by atoms with Gasteiger partial charge in [0.15, 0.2) is 0 Å². The third-order valence-corrected chi connectivity index (χ3v) is 8.07. The Morgan fingerprint density at radius 3 is 2.29 bits per heavy atom. The molecule has 35 heavy (non-hydrogen) atoms. The van der Waals surface area contributed by atoms with Crippen molar-refractivity contribution >= 4 is 21.6 Å². The number of hydrogen-bond donors (Lipinski definition) is 1. The highest BCUT2D eigenvalue weighted by atomic mass is 32.2. The number of benzene rings is 3. The molecule has 1 aliphatic rings. The molecule has 7 nitrogen and oxygen atoms in total. The molecule has 1 saturated heterocycles. The summed E-state index contributed by atoms with van der Waals surface area (Å²) in [5, 5.41) is 2.98. The average molecular weight is 495 g/mol. The summed E-state index contributed by atoms with van der Waals surface area (Å²) in [6.07, 6.45) is 1.68. The van der Waals surface area contributed by atoms with Crippen molar-refractivity contribution in [3.8, 4) is 11.5 Å². The number of ether oxygens (including phenoxy) is 2. The summed E-state index contributed by atoms with van der Waals surface area (Å²) < 4.78 is 38.4. The van der Waals surface area contributed by atoms with Crippen LogP contribution in [-0.2, 0) is 21.2 Å². The lowest BCUT2D eigenvalue weighted by Crippen LogP contribution is -2.41. The van der Waals surface area contributed by atoms with Crippen LogP contribution in [0.2, 0.25) is 0 Å². The van der Waals surface area contributed by atoms with E-state index >= 15 is 0 Å². The molecule has 1 N–H and O–H groups in total. The maximum atomic E-state index is 13.0. The first-order chi connectivity index (χ1) is 17.0. The predicted molar refractivity (Wildman–Crippen MR) is 135 cm³/mol. The second-order valence-corrected chi connectivity index (χ2v) is 10.4. The first-order valence-corrected chi connectivity index (χ1v) is 13.1. The number of methoxy groups -OCH3 is 1. The van der Waals surface area contributed by atoms with Crippen LogP contribution in [0.15, 0.2) is 83.8 Å². The molecule has 4 rings (SSSR count). The van der Waals surface area contributed by atoms with E-state index in [2.05, 4.69) is 17.4 Å². The summed E-state index contributed by atoms with van der Waals surface area (Å²) in [5.74, 6) is 0.834. The Morgan fingerprint density at radius 1 is 0.943 bits per heavy atom. The van der Waals surface area contributed by atoms with E-state index < -0.39 is 10.0 Å². The van der Waals surface area contributed by atoms with Crippen molar-refractivity contribution in [3.05, 3.63) is 84.4 Å². The van der Waals surface area contributed by atoms with Gasteiger partial charge in [-0.1, -0.05) is 42.5 Å². The van der Waals surface area contributed by atoms with E-state index in [0.29, 0.717) is 49.7 Å². The number of amides is 1. The highest BCUT2D eigenvalue weighted by Gasteiger charge is 2.32. The third kappa shape index (κ3) is 6.21. The average Bonchev–Trinajstić information content (AvgIpc) is 2.90. The minimum Gasteiger partial charge on any atom is -0.497 e. The molecule has 1 fully saturated rings. The van der Waals surface area contributed by atoms with E-state index in [0.717, 1.165) is 6.42 Å². The molecule has 0 radical (unpaired) electrons. The molecule has 1 amide bonds. The van der Waals surface area contributed by atoms with Crippen molar-refractivity contribution in [2.75, 3.05) is 32.1 Å². The smallest absolute Gasteiger partial charge is 0.243 e. The normalized spacial score (nSPS) is 14.9. The van der Waals surface area contributed by atoms with Gasteiger partial charge in [0.05, 0.1) is 24.3 Å². The summed E-state index contributed by atoms with van der Waals surface area (Å²) in [7, 11) is -2.07. The molecular formula is C27H30N2O5S. The lowest BCUT2D eigenvalue weighted by atomic mass is 9.97. The minimum atomic E-state index is -3.61. The summed E-state index contributed by atoms with van der Waals surface area (Å²) in [6.45, 7) is 1.09. The zero-order valence-electron chi connectivity index (χ0n) is 19.7. The quantitative estimate of drug-likeness (QED) is 0.478. The Balaban J connectivity index is 1.32. The van der Waals surface area contributed by atoms with Gasteiger partial charge in [-0.2, -0.15) is 4.31 Å². The van der Waals surface area contributed by atoms with E-state index in [1.165, 1.54) is 17.0 Å². The Kier molecular flexibility index (Phi) is 8.05. The van der Waals surface area contributed by atoms with Gasteiger partial charge >= 0.3 is 0 Å². The Labute approximate surface area is 206 Å². The van der Waals surface area contributed by atoms with Crippen molar-refractivity contribution in [2.45, 2.75) is 24.2 Å². The molecule has 0 unspecified atom stereocenters. The molecule has 184 valence electrons. The third-order valence-electron chi connectivity index (χ3n) is 6.16. The van der Waals surface area contributed by atoms with Gasteiger partial charge < -0.3 is 14.8 Å². The van der Waals surface area contributed by atoms with Crippen LogP contribution in [0.25, 0.3) is 0 Å². The fourth-order valence-electron chi connectivity index (χ4n) is 4.11. The largest absolute Gasteiger partial charge is 0.497 e. The zero-order chi connectivity index (χ0) is 24.7. The maximum absolute atomic E-state index is 13.0. The predicted octanol–water partition coefficient (Wildman–Crippen LogP) is 4.36. The Morgan fingerprint density at radius 2 is 1.60 bits per heavy atom. The monoisotopic (exact) mass is 494 g/mol. The summed E-state index contributed by atoms with van der Waals surface area (Å²) in [4.78, 5) is 13.2. The van der Waals surface area contributed by atoms with Crippen LogP contribution < -0.4 is 14.8 Å². The minimum absolute atomic E-state index is 0.120. The number of piperidine rings is 1. The van der Waals surface area contributed by atoms with Crippen LogP contribution >= 0.6 is 0 Å². The first kappa shape index (κ1) is 24.8. The number of carbonyl (C=O) groups excluding carboxylic acids is 1. The van der Waals surface area contributed by atoms with Crippen LogP contribution in [0.3, 0.4) is 0 Å². The molecule has 1 heterocycles. The van der Waals surface area contributed by atoms with Crippen molar-refractivity contribution < 1.29 is 22.7 Å². The topological polar surface area (TPSA) is 84.9 Å². The molecule has 0 spiro atoms. The van der Waals surface area contributed by atoms with Crippen LogP contribution in [0.5, 0.6) is 11.5 Å². The van der Waals surface area contributed by atoms with Gasteiger partial charge in [-0.05, 0) is 54.8 Å². The molecule has 3 aromatic carbocycles. The first-order valence-electron chi connectivity index (χ1n) is 11.7. The fourth-order valence-corrected chi connectivity index (χ4v) is 5.58. The van der Waals surface area contributed by atoms with Gasteiger partial charge in [0.1, 0.15) is 11.5 Å². The number of rotatable bonds is 9. The lowest BCUT2D eigenvalue weighted by Gasteiger charge is -2.30. The number of hydrogen-bond acceptors (Lipinski definition) is 5. The van der Waals surface area contributed by atoms with E-state index in [9.17, 15) is 13.2 Å². The van der Waals surface area contributed by atoms with Crippen molar-refractivity contribution in [2.24, 2.45) is 5.92 Å². The molecule has 0 aliphatic carbocycles. The number of nitrogens with one attached hydrogen (secondary N) is 1. The van der Waals surface area contributed by atoms with Crippen LogP contribution in [0.1, 0.15) is 18.4 Å². The summed E-state index contributed by atoms with van der Waals surface area (Å²) >= 11 is 0. The van der Waals surface area contributed by atoms with Gasteiger partial charge in [0.25, 0.3) is 0 Å². The molecule has 0 aromatic heterocycles. The van der Waals surface area contributed by atoms with E-state index in [1.54, 1.807) is 24.3 Å². The van der Waals surface area contributed by atoms with Gasteiger partial charge in [-0.15, -0.1) is 0 Å². The number of nitrogens with zero attached hydrogens (tertiary/aromatic N) is 1. The van der Waals surface area contributed by atoms with Crippen molar-refractivity contribution in [1.82, 2.24) is 4.31 Å². The van der Waals surface area contributed by atoms with E-state index in [-0.39, 0.29) is 16.7 Å². The molecule has 1 aliphatic heterocycles. The second kappa shape index (κ2) is 11.4. The van der Waals surface area contributed by atoms with Crippen molar-refractivity contribution in [1.29, 1.82) is 0 Å². The number of para-hydroxylation sites is 2. The number of carbonyl (C=O) groups is 1. The number of sulfonamides is 1. The molecule has 8 heteroatoms. The van der Waals surface area contributed by atoms with Gasteiger partial charge in [-0.3, -0.25) is 4.79 Å². The molecule has 0 saturated carbocycles. The highest BCUT2D eigenvalue weighted by Crippen LogP contribution is 2.28. The SMILES string of the molecule is COc1ccc(S(=O)(=O)N2CCC(C(=O)Nc3ccccc3OCCc3ccccc3)CC2)cc1. The highest BCUT2D eigenvalue weighted by molar-refractivity contribution is 7.89. The maximum Gasteiger partial charge on any atom is 0.243 e. The van der Waals surface area contributed by atoms with Gasteiger partial charge in [-0.25, -0.2) is 8.42 Å². The molecule has 3 aromatic rings. The van der Waals surface area contributed by atoms with Crippen LogP contribution in [0, 0.1) is 5.92 Å². The standard InChI is InChI=1S/C27H30N2O5S/c1-33-23-11-13-24(14-12-23)35(31,32)29-18-15-22(16-19-29)27(30)28-25-9-5-6-10-26(25)34-20-17-21-7-3-2-4-8-21/h2-14,22H,15-20H2,1H3,(H,28,30). The van der Waals surface area contributed by atoms with E-state index in [4.69, 9.17) is 9.47 Å². The second-order valence-electron chi connectivity index (χ2n) is 8.42. The van der Waals surface area contributed by atoms with Crippen molar-refractivity contribution in [3.63, 3.8) is 0 Å². The zero-order valence-corrected chi connectivity index (χ0v) is 20.5. The van der Waals surface area contributed by atoms with Gasteiger partial charge in [0, 0.05) is 25.4 Å².